The van der Waals surface area contributed by atoms with E-state index in [-0.39, 0.29) is 23.1 Å². The minimum absolute atomic E-state index is 0.0610. The number of nitrogens with zero attached hydrogens (tertiary/aromatic N) is 1. The summed E-state index contributed by atoms with van der Waals surface area (Å²) in [6.07, 6.45) is 3.83. The molecule has 1 amide bonds. The molecule has 4 aromatic rings. The molecule has 3 heterocycles. The van der Waals surface area contributed by atoms with Crippen LogP contribution in [0.25, 0.3) is 10.9 Å². The fourth-order valence-electron chi connectivity index (χ4n) is 5.21. The summed E-state index contributed by atoms with van der Waals surface area (Å²) < 4.78 is 20.6. The fourth-order valence-corrected chi connectivity index (χ4v) is 5.21. The first kappa shape index (κ1) is 19.0. The largest absolute Gasteiger partial charge is 0.468 e. The topological polar surface area (TPSA) is 66.3 Å². The van der Waals surface area contributed by atoms with Crippen LogP contribution < -0.4 is 0 Å². The Hall–Kier alpha value is -3.67. The van der Waals surface area contributed by atoms with Crippen molar-refractivity contribution < 1.29 is 18.4 Å². The Balaban J connectivity index is 1.52. The van der Waals surface area contributed by atoms with Crippen molar-refractivity contribution in [3.8, 4) is 0 Å². The predicted octanol–water partition coefficient (Wildman–Crippen LogP) is 5.21. The zero-order chi connectivity index (χ0) is 21.8. The number of aryl methyl sites for hydroxylation is 1. The minimum Gasteiger partial charge on any atom is -0.468 e. The predicted molar refractivity (Wildman–Crippen MR) is 117 cm³/mol. The third kappa shape index (κ3) is 2.75. The van der Waals surface area contributed by atoms with E-state index in [1.165, 1.54) is 12.3 Å². The Morgan fingerprint density at radius 1 is 1.06 bits per heavy atom. The van der Waals surface area contributed by atoms with E-state index in [2.05, 4.69) is 4.98 Å². The molecule has 1 N–H and O–H groups in total. The van der Waals surface area contributed by atoms with Crippen LogP contribution in [0.5, 0.6) is 0 Å². The number of amides is 1. The molecule has 1 atom stereocenters. The van der Waals surface area contributed by atoms with Gasteiger partial charge in [-0.1, -0.05) is 36.4 Å². The average molecular weight is 428 g/mol. The second-order valence-electron chi connectivity index (χ2n) is 8.46. The summed E-state index contributed by atoms with van der Waals surface area (Å²) in [7, 11) is 0. The molecular formula is C26H21FN2O3. The van der Waals surface area contributed by atoms with Gasteiger partial charge in [-0.3, -0.25) is 9.59 Å². The Morgan fingerprint density at radius 2 is 1.88 bits per heavy atom. The number of carbonyl (C=O) groups is 2. The molecule has 0 radical (unpaired) electrons. The van der Waals surface area contributed by atoms with Gasteiger partial charge in [0.05, 0.1) is 11.1 Å². The molecule has 1 aliphatic heterocycles. The molecule has 2 aromatic carbocycles. The maximum Gasteiger partial charge on any atom is 0.258 e. The Kier molecular flexibility index (Phi) is 4.28. The third-order valence-corrected chi connectivity index (χ3v) is 6.68. The number of nitrogens with one attached hydrogen (secondary N) is 1. The maximum atomic E-state index is 15.0. The number of hydrogen-bond acceptors (Lipinski definition) is 3. The molecule has 2 aliphatic rings. The van der Waals surface area contributed by atoms with Gasteiger partial charge in [-0.05, 0) is 30.5 Å². The summed E-state index contributed by atoms with van der Waals surface area (Å²) in [5.41, 5.74) is 3.99. The monoisotopic (exact) mass is 428 g/mol. The molecule has 0 saturated carbocycles. The molecule has 0 unspecified atom stereocenters. The van der Waals surface area contributed by atoms with Crippen LogP contribution in [-0.2, 0) is 12.8 Å². The number of aromatic amines is 1. The highest BCUT2D eigenvalue weighted by atomic mass is 19.1. The van der Waals surface area contributed by atoms with Crippen molar-refractivity contribution in [2.24, 2.45) is 0 Å². The summed E-state index contributed by atoms with van der Waals surface area (Å²) >= 11 is 0. The van der Waals surface area contributed by atoms with Crippen LogP contribution in [0.2, 0.25) is 0 Å². The number of halogens is 1. The SMILES string of the molecule is O=C1CCCc2occ(C(=O)N3CCc4c([nH]c5ccccc45)[C@@H]3c3ccccc3F)c21. The number of aromatic nitrogens is 1. The van der Waals surface area contributed by atoms with Crippen LogP contribution in [0.15, 0.2) is 59.2 Å². The average Bonchev–Trinajstić information content (AvgIpc) is 3.41. The van der Waals surface area contributed by atoms with E-state index in [1.54, 1.807) is 23.1 Å². The van der Waals surface area contributed by atoms with Gasteiger partial charge in [-0.2, -0.15) is 0 Å². The number of fused-ring (bicyclic) bond motifs is 4. The van der Waals surface area contributed by atoms with Gasteiger partial charge < -0.3 is 14.3 Å². The van der Waals surface area contributed by atoms with E-state index < -0.39 is 6.04 Å². The zero-order valence-electron chi connectivity index (χ0n) is 17.4. The van der Waals surface area contributed by atoms with E-state index >= 15 is 4.39 Å². The standard InChI is InChI=1S/C26H21FN2O3/c27-19-8-3-1-7-17(19)25-24-16(15-6-2-4-9-20(15)28-24)12-13-29(25)26(31)18-14-32-22-11-5-10-21(30)23(18)22/h1-4,6-9,14,25,28H,5,10-13H2/t25-/m0/s1. The van der Waals surface area contributed by atoms with E-state index in [9.17, 15) is 9.59 Å². The second-order valence-corrected chi connectivity index (χ2v) is 8.46. The molecule has 1 aliphatic carbocycles. The van der Waals surface area contributed by atoms with Gasteiger partial charge in [-0.25, -0.2) is 4.39 Å². The van der Waals surface area contributed by atoms with Crippen molar-refractivity contribution in [3.05, 3.63) is 94.3 Å². The number of furan rings is 1. The molecule has 0 fully saturated rings. The number of ketones is 1. The highest BCUT2D eigenvalue weighted by Crippen LogP contribution is 2.40. The first-order valence-corrected chi connectivity index (χ1v) is 10.9. The summed E-state index contributed by atoms with van der Waals surface area (Å²) in [4.78, 5) is 31.5. The summed E-state index contributed by atoms with van der Waals surface area (Å²) in [5, 5.41) is 1.09. The van der Waals surface area contributed by atoms with Gasteiger partial charge in [0, 0.05) is 41.5 Å². The molecule has 160 valence electrons. The van der Waals surface area contributed by atoms with Crippen LogP contribution in [0.4, 0.5) is 4.39 Å². The van der Waals surface area contributed by atoms with E-state index in [1.807, 2.05) is 24.3 Å². The zero-order valence-corrected chi connectivity index (χ0v) is 17.4. The smallest absolute Gasteiger partial charge is 0.258 e. The lowest BCUT2D eigenvalue weighted by Crippen LogP contribution is -2.41. The lowest BCUT2D eigenvalue weighted by Gasteiger charge is -2.36. The van der Waals surface area contributed by atoms with E-state index in [0.29, 0.717) is 42.7 Å². The van der Waals surface area contributed by atoms with Crippen LogP contribution in [0.3, 0.4) is 0 Å². The molecule has 6 rings (SSSR count). The van der Waals surface area contributed by atoms with E-state index in [4.69, 9.17) is 4.42 Å². The number of carbonyl (C=O) groups excluding carboxylic acids is 2. The highest BCUT2D eigenvalue weighted by Gasteiger charge is 2.38. The van der Waals surface area contributed by atoms with Crippen molar-refractivity contribution in [1.82, 2.24) is 9.88 Å². The van der Waals surface area contributed by atoms with Gasteiger partial charge in [0.15, 0.2) is 5.78 Å². The second kappa shape index (κ2) is 7.19. The Bertz CT molecular complexity index is 1380. The normalized spacial score (nSPS) is 18.0. The van der Waals surface area contributed by atoms with Crippen LogP contribution in [-0.4, -0.2) is 28.1 Å². The Labute approximate surface area is 183 Å². The lowest BCUT2D eigenvalue weighted by molar-refractivity contribution is 0.0684. The summed E-state index contributed by atoms with van der Waals surface area (Å²) in [6.45, 7) is 0.417. The van der Waals surface area contributed by atoms with E-state index in [0.717, 1.165) is 28.6 Å². The van der Waals surface area contributed by atoms with Gasteiger partial charge in [0.2, 0.25) is 0 Å². The van der Waals surface area contributed by atoms with Crippen LogP contribution >= 0.6 is 0 Å². The van der Waals surface area contributed by atoms with Crippen molar-refractivity contribution >= 4 is 22.6 Å². The lowest BCUT2D eigenvalue weighted by atomic mass is 9.90. The quantitative estimate of drug-likeness (QED) is 0.477. The molecule has 6 heteroatoms. The van der Waals surface area contributed by atoms with Crippen molar-refractivity contribution in [3.63, 3.8) is 0 Å². The maximum absolute atomic E-state index is 15.0. The number of H-pyrrole nitrogens is 1. The number of benzene rings is 2. The fraction of sp³-hybridized carbons (Fsp3) is 0.231. The molecule has 5 nitrogen and oxygen atoms in total. The number of Topliss-reactive ketones (excluding diaryl/α,β-unsaturated/α-hetero) is 1. The molecule has 32 heavy (non-hydrogen) atoms. The van der Waals surface area contributed by atoms with Gasteiger partial charge >= 0.3 is 0 Å². The first-order valence-electron chi connectivity index (χ1n) is 10.9. The van der Waals surface area contributed by atoms with Gasteiger partial charge in [0.25, 0.3) is 5.91 Å². The third-order valence-electron chi connectivity index (χ3n) is 6.68. The number of rotatable bonds is 2. The van der Waals surface area contributed by atoms with Crippen molar-refractivity contribution in [2.45, 2.75) is 31.7 Å². The molecular weight excluding hydrogens is 407 g/mol. The molecule has 2 aromatic heterocycles. The van der Waals surface area contributed by atoms with Crippen LogP contribution in [0, 0.1) is 5.82 Å². The minimum atomic E-state index is -0.621. The summed E-state index contributed by atoms with van der Waals surface area (Å²) in [6, 6.07) is 13.9. The highest BCUT2D eigenvalue weighted by molar-refractivity contribution is 6.09. The molecule has 0 spiro atoms. The number of hydrogen-bond donors (Lipinski definition) is 1. The van der Waals surface area contributed by atoms with Gasteiger partial charge in [-0.15, -0.1) is 0 Å². The molecule has 0 saturated heterocycles. The van der Waals surface area contributed by atoms with Crippen LogP contribution in [0.1, 0.15) is 62.2 Å². The summed E-state index contributed by atoms with van der Waals surface area (Å²) in [5.74, 6) is -0.153. The Morgan fingerprint density at radius 3 is 2.75 bits per heavy atom. The number of para-hydroxylation sites is 1. The molecule has 0 bridgehead atoms. The van der Waals surface area contributed by atoms with Crippen molar-refractivity contribution in [2.75, 3.05) is 6.54 Å². The van der Waals surface area contributed by atoms with Gasteiger partial charge in [0.1, 0.15) is 23.9 Å². The van der Waals surface area contributed by atoms with Crippen molar-refractivity contribution in [1.29, 1.82) is 0 Å². The first-order chi connectivity index (χ1) is 15.6.